The second kappa shape index (κ2) is 3.95. The Kier molecular flexibility index (Phi) is 2.67. The summed E-state index contributed by atoms with van der Waals surface area (Å²) in [6.07, 6.45) is 5.87. The fraction of sp³-hybridized carbons (Fsp3) is 0.385. The number of benzene rings is 1. The van der Waals surface area contributed by atoms with E-state index in [2.05, 4.69) is 13.0 Å². The lowest BCUT2D eigenvalue weighted by atomic mass is 9.99. The molecular weight excluding hydrogens is 175 g/mol. The molecule has 0 saturated heterocycles. The molecular formula is C13H15F. The first-order chi connectivity index (χ1) is 6.79. The molecule has 0 nitrogen and oxygen atoms in total. The van der Waals surface area contributed by atoms with Crippen LogP contribution in [0.15, 0.2) is 30.3 Å². The van der Waals surface area contributed by atoms with Crippen LogP contribution in [0.4, 0.5) is 4.39 Å². The average molecular weight is 190 g/mol. The van der Waals surface area contributed by atoms with E-state index in [0.717, 1.165) is 12.3 Å². The van der Waals surface area contributed by atoms with Gasteiger partial charge in [0.2, 0.25) is 0 Å². The molecule has 0 radical (unpaired) electrons. The molecule has 1 aliphatic carbocycles. The van der Waals surface area contributed by atoms with Crippen molar-refractivity contribution in [2.75, 3.05) is 0 Å². The number of rotatable bonds is 2. The molecule has 1 heteroatoms. The fourth-order valence-corrected chi connectivity index (χ4v) is 2.00. The Bertz CT molecular complexity index is 335. The van der Waals surface area contributed by atoms with Crippen molar-refractivity contribution in [3.63, 3.8) is 0 Å². The maximum absolute atomic E-state index is 12.7. The van der Waals surface area contributed by atoms with E-state index in [0.29, 0.717) is 0 Å². The predicted molar refractivity (Wildman–Crippen MR) is 57.4 cm³/mol. The SMILES string of the molecule is CCC1CC=C(c2ccc(F)cc2)C1. The van der Waals surface area contributed by atoms with Gasteiger partial charge in [-0.25, -0.2) is 4.39 Å². The first-order valence-electron chi connectivity index (χ1n) is 5.24. The van der Waals surface area contributed by atoms with Gasteiger partial charge in [-0.15, -0.1) is 0 Å². The Labute approximate surface area is 84.5 Å². The Morgan fingerprint density at radius 3 is 2.57 bits per heavy atom. The van der Waals surface area contributed by atoms with Gasteiger partial charge in [0.1, 0.15) is 5.82 Å². The second-order valence-corrected chi connectivity index (χ2v) is 3.95. The zero-order valence-electron chi connectivity index (χ0n) is 8.46. The van der Waals surface area contributed by atoms with Crippen molar-refractivity contribution in [2.24, 2.45) is 5.92 Å². The number of hydrogen-bond acceptors (Lipinski definition) is 0. The predicted octanol–water partition coefficient (Wildman–Crippen LogP) is 4.03. The summed E-state index contributed by atoms with van der Waals surface area (Å²) in [5.41, 5.74) is 2.57. The maximum Gasteiger partial charge on any atom is 0.123 e. The molecule has 2 rings (SSSR count). The fourth-order valence-electron chi connectivity index (χ4n) is 2.00. The summed E-state index contributed by atoms with van der Waals surface area (Å²) < 4.78 is 12.7. The van der Waals surface area contributed by atoms with E-state index in [1.165, 1.54) is 36.1 Å². The third-order valence-corrected chi connectivity index (χ3v) is 3.00. The zero-order chi connectivity index (χ0) is 9.97. The highest BCUT2D eigenvalue weighted by Crippen LogP contribution is 2.33. The highest BCUT2D eigenvalue weighted by Gasteiger charge is 2.15. The van der Waals surface area contributed by atoms with Crippen LogP contribution in [-0.4, -0.2) is 0 Å². The molecule has 74 valence electrons. The summed E-state index contributed by atoms with van der Waals surface area (Å²) in [4.78, 5) is 0. The Morgan fingerprint density at radius 2 is 2.00 bits per heavy atom. The normalized spacial score (nSPS) is 21.0. The minimum Gasteiger partial charge on any atom is -0.207 e. The van der Waals surface area contributed by atoms with Crippen LogP contribution >= 0.6 is 0 Å². The van der Waals surface area contributed by atoms with E-state index in [9.17, 15) is 4.39 Å². The number of allylic oxidation sites excluding steroid dienone is 2. The summed E-state index contributed by atoms with van der Waals surface area (Å²) in [5.74, 6) is 0.648. The first-order valence-corrected chi connectivity index (χ1v) is 5.24. The summed E-state index contributed by atoms with van der Waals surface area (Å²) in [7, 11) is 0. The van der Waals surface area contributed by atoms with Crippen LogP contribution in [0.5, 0.6) is 0 Å². The van der Waals surface area contributed by atoms with Gasteiger partial charge in [0.25, 0.3) is 0 Å². The minimum absolute atomic E-state index is 0.153. The molecule has 1 aromatic carbocycles. The van der Waals surface area contributed by atoms with Gasteiger partial charge in [-0.2, -0.15) is 0 Å². The lowest BCUT2D eigenvalue weighted by Gasteiger charge is -2.06. The van der Waals surface area contributed by atoms with Crippen LogP contribution in [0.2, 0.25) is 0 Å². The molecule has 1 atom stereocenters. The van der Waals surface area contributed by atoms with Gasteiger partial charge in [-0.05, 0) is 42.0 Å². The van der Waals surface area contributed by atoms with Gasteiger partial charge in [0, 0.05) is 0 Å². The Balaban J connectivity index is 2.13. The van der Waals surface area contributed by atoms with Crippen LogP contribution in [0.3, 0.4) is 0 Å². The molecule has 0 N–H and O–H groups in total. The molecule has 1 unspecified atom stereocenters. The van der Waals surface area contributed by atoms with Crippen molar-refractivity contribution in [3.8, 4) is 0 Å². The maximum atomic E-state index is 12.7. The Morgan fingerprint density at radius 1 is 1.29 bits per heavy atom. The van der Waals surface area contributed by atoms with E-state index >= 15 is 0 Å². The van der Waals surface area contributed by atoms with E-state index < -0.39 is 0 Å². The van der Waals surface area contributed by atoms with Crippen molar-refractivity contribution >= 4 is 5.57 Å². The molecule has 0 saturated carbocycles. The number of halogens is 1. The second-order valence-electron chi connectivity index (χ2n) is 3.95. The summed E-state index contributed by atoms with van der Waals surface area (Å²) in [6.45, 7) is 2.23. The van der Waals surface area contributed by atoms with Crippen LogP contribution in [0.25, 0.3) is 5.57 Å². The highest BCUT2D eigenvalue weighted by molar-refractivity contribution is 5.67. The van der Waals surface area contributed by atoms with Crippen LogP contribution in [0.1, 0.15) is 31.7 Å². The molecule has 1 aromatic rings. The van der Waals surface area contributed by atoms with E-state index in [1.54, 1.807) is 0 Å². The third kappa shape index (κ3) is 1.87. The van der Waals surface area contributed by atoms with Gasteiger partial charge in [-0.3, -0.25) is 0 Å². The average Bonchev–Trinajstić information content (AvgIpc) is 2.67. The molecule has 0 spiro atoms. The van der Waals surface area contributed by atoms with Gasteiger partial charge < -0.3 is 0 Å². The molecule has 1 aliphatic rings. The molecule has 0 heterocycles. The van der Waals surface area contributed by atoms with E-state index in [-0.39, 0.29) is 5.82 Å². The third-order valence-electron chi connectivity index (χ3n) is 3.00. The smallest absolute Gasteiger partial charge is 0.123 e. The van der Waals surface area contributed by atoms with Gasteiger partial charge in [-0.1, -0.05) is 31.6 Å². The first kappa shape index (κ1) is 9.45. The summed E-state index contributed by atoms with van der Waals surface area (Å²) >= 11 is 0. The summed E-state index contributed by atoms with van der Waals surface area (Å²) in [6, 6.07) is 6.82. The molecule has 14 heavy (non-hydrogen) atoms. The van der Waals surface area contributed by atoms with Gasteiger partial charge in [0.05, 0.1) is 0 Å². The van der Waals surface area contributed by atoms with Crippen molar-refractivity contribution in [1.29, 1.82) is 0 Å². The van der Waals surface area contributed by atoms with Crippen molar-refractivity contribution in [1.82, 2.24) is 0 Å². The zero-order valence-corrected chi connectivity index (χ0v) is 8.46. The lowest BCUT2D eigenvalue weighted by molar-refractivity contribution is 0.554. The van der Waals surface area contributed by atoms with E-state index in [4.69, 9.17) is 0 Å². The standard InChI is InChI=1S/C13H15F/c1-2-10-3-4-12(9-10)11-5-7-13(14)8-6-11/h4-8,10H,2-3,9H2,1H3. The van der Waals surface area contributed by atoms with Crippen molar-refractivity contribution in [2.45, 2.75) is 26.2 Å². The minimum atomic E-state index is -0.153. The highest BCUT2D eigenvalue weighted by atomic mass is 19.1. The van der Waals surface area contributed by atoms with Gasteiger partial charge in [0.15, 0.2) is 0 Å². The summed E-state index contributed by atoms with van der Waals surface area (Å²) in [5, 5.41) is 0. The molecule has 0 aromatic heterocycles. The van der Waals surface area contributed by atoms with E-state index in [1.807, 2.05) is 12.1 Å². The van der Waals surface area contributed by atoms with Crippen LogP contribution in [0, 0.1) is 11.7 Å². The largest absolute Gasteiger partial charge is 0.207 e. The van der Waals surface area contributed by atoms with Crippen LogP contribution < -0.4 is 0 Å². The molecule has 0 aliphatic heterocycles. The monoisotopic (exact) mass is 190 g/mol. The Hall–Kier alpha value is -1.11. The number of hydrogen-bond donors (Lipinski definition) is 0. The molecule has 0 bridgehead atoms. The lowest BCUT2D eigenvalue weighted by Crippen LogP contribution is -1.91. The van der Waals surface area contributed by atoms with Crippen LogP contribution in [-0.2, 0) is 0 Å². The molecule has 0 amide bonds. The van der Waals surface area contributed by atoms with Crippen molar-refractivity contribution in [3.05, 3.63) is 41.7 Å². The molecule has 0 fully saturated rings. The van der Waals surface area contributed by atoms with Crippen molar-refractivity contribution < 1.29 is 4.39 Å². The quantitative estimate of drug-likeness (QED) is 0.660. The topological polar surface area (TPSA) is 0 Å². The van der Waals surface area contributed by atoms with Gasteiger partial charge >= 0.3 is 0 Å².